The van der Waals surface area contributed by atoms with E-state index in [1.165, 1.54) is 19.3 Å². The molecule has 1 heterocycles. The molecular formula is C14H18INO3S. The Kier molecular flexibility index (Phi) is 6.84. The average Bonchev–Trinajstić information content (AvgIpc) is 2.76. The number of ether oxygens (including phenoxy) is 1. The zero-order chi connectivity index (χ0) is 15.3. The Morgan fingerprint density at radius 2 is 1.90 bits per heavy atom. The minimum Gasteiger partial charge on any atom is -0.465 e. The van der Waals surface area contributed by atoms with Gasteiger partial charge in [0.25, 0.3) is 0 Å². The molecule has 0 atom stereocenters. The zero-order valence-corrected chi connectivity index (χ0v) is 15.2. The van der Waals surface area contributed by atoms with E-state index in [1.54, 1.807) is 0 Å². The number of fused-ring (bicyclic) bond motifs is 1. The number of hydrogen-bond acceptors (Lipinski definition) is 4. The number of carbonyl (C=O) groups excluding carboxylic acids is 1. The predicted molar refractivity (Wildman–Crippen MR) is 92.2 cm³/mol. The lowest BCUT2D eigenvalue weighted by Crippen LogP contribution is -2.03. The highest BCUT2D eigenvalue weighted by atomic mass is 127. The second kappa shape index (κ2) is 7.90. The van der Waals surface area contributed by atoms with E-state index in [4.69, 9.17) is 7.25 Å². The lowest BCUT2D eigenvalue weighted by molar-refractivity contribution is 0.0600. The Bertz CT molecular complexity index is 610. The Hall–Kier alpha value is -0.730. The van der Waals surface area contributed by atoms with Crippen LogP contribution < -0.4 is 0 Å². The molecule has 1 aromatic carbocycles. The van der Waals surface area contributed by atoms with E-state index in [1.807, 2.05) is 73.0 Å². The molecule has 4 nitrogen and oxygen atoms in total. The zero-order valence-electron chi connectivity index (χ0n) is 12.2. The Labute approximate surface area is 137 Å². The van der Waals surface area contributed by atoms with Gasteiger partial charge in [-0.15, -0.1) is 0 Å². The third kappa shape index (κ3) is 3.48. The van der Waals surface area contributed by atoms with Crippen molar-refractivity contribution in [3.8, 4) is 0 Å². The van der Waals surface area contributed by atoms with Gasteiger partial charge in [-0.1, -0.05) is 13.8 Å². The summed E-state index contributed by atoms with van der Waals surface area (Å²) in [4.78, 5) is 11.7. The van der Waals surface area contributed by atoms with E-state index in [9.17, 15) is 4.79 Å². The summed E-state index contributed by atoms with van der Waals surface area (Å²) >= 11 is 3.07. The molecule has 0 bridgehead atoms. The van der Waals surface area contributed by atoms with Crippen molar-refractivity contribution in [2.24, 2.45) is 0 Å². The molecule has 6 heteroatoms. The lowest BCUT2D eigenvalue weighted by Gasteiger charge is -2.06. The third-order valence-electron chi connectivity index (χ3n) is 2.83. The standard InChI is InChI=1S/C12H12INO3S.C2H6/c1-7-4-11-9(5-10(7)12(15)16-3)8(2)6-14(11)18-17-13;1-2/h4-6H,1-3H3;1-2H3. The first kappa shape index (κ1) is 17.3. The maximum Gasteiger partial charge on any atom is 0.338 e. The minimum absolute atomic E-state index is 0.306. The fourth-order valence-electron chi connectivity index (χ4n) is 1.93. The molecule has 0 radical (unpaired) electrons. The molecule has 0 N–H and O–H groups in total. The van der Waals surface area contributed by atoms with E-state index < -0.39 is 0 Å². The Morgan fingerprint density at radius 3 is 2.45 bits per heavy atom. The number of methoxy groups -OCH3 is 1. The van der Waals surface area contributed by atoms with Gasteiger partial charge in [0.2, 0.25) is 0 Å². The molecule has 110 valence electrons. The molecule has 0 amide bonds. The SMILES string of the molecule is CC.COC(=O)c1cc2c(C)cn(SOI)c2cc1C. The molecule has 0 aliphatic rings. The third-order valence-corrected chi connectivity index (χ3v) is 3.83. The Balaban J connectivity index is 0.000000956. The van der Waals surface area contributed by atoms with Gasteiger partial charge in [0.05, 0.1) is 18.2 Å². The van der Waals surface area contributed by atoms with Crippen LogP contribution in [0.5, 0.6) is 0 Å². The molecule has 0 saturated carbocycles. The van der Waals surface area contributed by atoms with E-state index in [0.717, 1.165) is 22.0 Å². The molecule has 2 aromatic rings. The molecule has 0 aliphatic carbocycles. The van der Waals surface area contributed by atoms with Crippen LogP contribution in [-0.4, -0.2) is 17.1 Å². The first-order valence-corrected chi connectivity index (χ1v) is 7.82. The summed E-state index contributed by atoms with van der Waals surface area (Å²) < 4.78 is 11.8. The molecule has 0 unspecified atom stereocenters. The van der Waals surface area contributed by atoms with E-state index in [0.29, 0.717) is 5.56 Å². The summed E-state index contributed by atoms with van der Waals surface area (Å²) in [6.45, 7) is 7.90. The maximum absolute atomic E-state index is 11.7. The van der Waals surface area contributed by atoms with Crippen LogP contribution in [0, 0.1) is 13.8 Å². The number of carbonyl (C=O) groups is 1. The van der Waals surface area contributed by atoms with Gasteiger partial charge >= 0.3 is 5.97 Å². The quantitative estimate of drug-likeness (QED) is 0.415. The topological polar surface area (TPSA) is 40.5 Å². The van der Waals surface area contributed by atoms with Crippen molar-refractivity contribution >= 4 is 52.1 Å². The van der Waals surface area contributed by atoms with Crippen LogP contribution in [0.2, 0.25) is 0 Å². The van der Waals surface area contributed by atoms with Crippen LogP contribution in [0.3, 0.4) is 0 Å². The van der Waals surface area contributed by atoms with Crippen LogP contribution in [0.15, 0.2) is 18.3 Å². The summed E-state index contributed by atoms with van der Waals surface area (Å²) in [5.41, 5.74) is 3.62. The lowest BCUT2D eigenvalue weighted by atomic mass is 10.0. The molecule has 20 heavy (non-hydrogen) atoms. The number of halogens is 1. The smallest absolute Gasteiger partial charge is 0.338 e. The van der Waals surface area contributed by atoms with Crippen LogP contribution in [0.4, 0.5) is 0 Å². The predicted octanol–water partition coefficient (Wildman–Crippen LogP) is 4.85. The van der Waals surface area contributed by atoms with E-state index in [-0.39, 0.29) is 5.97 Å². The van der Waals surface area contributed by atoms with Crippen molar-refractivity contribution in [1.29, 1.82) is 0 Å². The van der Waals surface area contributed by atoms with Crippen molar-refractivity contribution in [1.82, 2.24) is 3.97 Å². The van der Waals surface area contributed by atoms with Crippen molar-refractivity contribution < 1.29 is 12.0 Å². The number of esters is 1. The van der Waals surface area contributed by atoms with Crippen molar-refractivity contribution in [2.75, 3.05) is 7.11 Å². The molecule has 2 rings (SSSR count). The second-order valence-corrected chi connectivity index (χ2v) is 5.70. The highest BCUT2D eigenvalue weighted by Crippen LogP contribution is 2.29. The summed E-state index contributed by atoms with van der Waals surface area (Å²) in [5.74, 6) is -0.306. The van der Waals surface area contributed by atoms with Crippen LogP contribution in [0.25, 0.3) is 10.9 Å². The van der Waals surface area contributed by atoms with Gasteiger partial charge in [0, 0.05) is 11.6 Å². The molecule has 1 aromatic heterocycles. The number of rotatable bonds is 3. The van der Waals surface area contributed by atoms with Crippen LogP contribution in [0.1, 0.15) is 35.3 Å². The summed E-state index contributed by atoms with van der Waals surface area (Å²) in [6, 6.07) is 3.84. The number of benzene rings is 1. The van der Waals surface area contributed by atoms with Gasteiger partial charge in [-0.2, -0.15) is 0 Å². The maximum atomic E-state index is 11.7. The molecule has 0 aliphatic heterocycles. The van der Waals surface area contributed by atoms with Crippen molar-refractivity contribution in [3.05, 3.63) is 35.0 Å². The van der Waals surface area contributed by atoms with Crippen LogP contribution >= 0.6 is 35.2 Å². The highest BCUT2D eigenvalue weighted by molar-refractivity contribution is 14.1. The van der Waals surface area contributed by atoms with Crippen molar-refractivity contribution in [2.45, 2.75) is 27.7 Å². The number of aryl methyl sites for hydroxylation is 2. The van der Waals surface area contributed by atoms with Crippen molar-refractivity contribution in [3.63, 3.8) is 0 Å². The Morgan fingerprint density at radius 1 is 1.25 bits per heavy atom. The minimum atomic E-state index is -0.306. The first-order valence-electron chi connectivity index (χ1n) is 6.25. The number of hydrogen-bond donors (Lipinski definition) is 0. The molecular weight excluding hydrogens is 389 g/mol. The van der Waals surface area contributed by atoms with E-state index >= 15 is 0 Å². The molecule has 0 spiro atoms. The second-order valence-electron chi connectivity index (χ2n) is 3.95. The highest BCUT2D eigenvalue weighted by Gasteiger charge is 2.14. The van der Waals surface area contributed by atoms with E-state index in [2.05, 4.69) is 0 Å². The van der Waals surface area contributed by atoms with Crippen LogP contribution in [-0.2, 0) is 7.25 Å². The molecule has 0 saturated heterocycles. The molecule has 0 fully saturated rings. The van der Waals surface area contributed by atoms with Gasteiger partial charge < -0.3 is 4.74 Å². The van der Waals surface area contributed by atoms with Gasteiger partial charge in [-0.25, -0.2) is 7.31 Å². The van der Waals surface area contributed by atoms with Gasteiger partial charge in [0.15, 0.2) is 0 Å². The van der Waals surface area contributed by atoms with Gasteiger partial charge in [-0.3, -0.25) is 3.97 Å². The number of aromatic nitrogens is 1. The fraction of sp³-hybridized carbons (Fsp3) is 0.357. The average molecular weight is 407 g/mol. The monoisotopic (exact) mass is 407 g/mol. The summed E-state index contributed by atoms with van der Waals surface area (Å²) in [6.07, 6.45) is 1.98. The summed E-state index contributed by atoms with van der Waals surface area (Å²) in [5, 5.41) is 1.03. The van der Waals surface area contributed by atoms with Gasteiger partial charge in [-0.05, 0) is 37.1 Å². The normalized spacial score (nSPS) is 10.1. The fourth-order valence-corrected chi connectivity index (χ4v) is 2.94. The number of nitrogens with zero attached hydrogens (tertiary/aromatic N) is 1. The van der Waals surface area contributed by atoms with Gasteiger partial charge in [0.1, 0.15) is 35.2 Å². The first-order chi connectivity index (χ1) is 9.58. The summed E-state index contributed by atoms with van der Waals surface area (Å²) in [7, 11) is 1.39. The largest absolute Gasteiger partial charge is 0.465 e.